The second-order valence-corrected chi connectivity index (χ2v) is 8.67. The van der Waals surface area contributed by atoms with Gasteiger partial charge in [-0.1, -0.05) is 42.5 Å². The van der Waals surface area contributed by atoms with E-state index in [1.807, 2.05) is 28.9 Å². The van der Waals surface area contributed by atoms with Gasteiger partial charge in [-0.25, -0.2) is 4.68 Å². The predicted octanol–water partition coefficient (Wildman–Crippen LogP) is 4.87. The Morgan fingerprint density at radius 1 is 1.00 bits per heavy atom. The van der Waals surface area contributed by atoms with Gasteiger partial charge in [0, 0.05) is 24.6 Å². The number of aromatic nitrogens is 2. The number of nitriles is 1. The molecule has 2 aliphatic heterocycles. The van der Waals surface area contributed by atoms with Gasteiger partial charge in [-0.05, 0) is 62.9 Å². The predicted molar refractivity (Wildman–Crippen MR) is 123 cm³/mol. The van der Waals surface area contributed by atoms with Crippen LogP contribution in [0.4, 0.5) is 5.82 Å². The largest absolute Gasteiger partial charge is 0.370 e. The molecule has 3 heterocycles. The fraction of sp³-hybridized carbons (Fsp3) is 0.385. The summed E-state index contributed by atoms with van der Waals surface area (Å²) in [6.07, 6.45) is 5.69. The summed E-state index contributed by atoms with van der Waals surface area (Å²) in [6, 6.07) is 20.9. The van der Waals surface area contributed by atoms with Gasteiger partial charge < -0.3 is 5.32 Å². The molecule has 1 saturated heterocycles. The van der Waals surface area contributed by atoms with Crippen molar-refractivity contribution >= 4 is 5.82 Å². The maximum Gasteiger partial charge on any atom is 0.133 e. The maximum atomic E-state index is 9.63. The zero-order chi connectivity index (χ0) is 21.0. The van der Waals surface area contributed by atoms with Crippen molar-refractivity contribution in [1.82, 2.24) is 14.7 Å². The Labute approximate surface area is 184 Å². The second-order valence-electron chi connectivity index (χ2n) is 8.67. The SMILES string of the molecule is N#Cc1ccccc1-n1nc(C2CCN(Cc3ccccc3)CC2)c2c1NCCCC2. The fourth-order valence-corrected chi connectivity index (χ4v) is 4.99. The molecule has 2 aliphatic rings. The highest BCUT2D eigenvalue weighted by atomic mass is 15.3. The molecule has 0 saturated carbocycles. The quantitative estimate of drug-likeness (QED) is 0.665. The van der Waals surface area contributed by atoms with Crippen LogP contribution < -0.4 is 5.32 Å². The number of benzene rings is 2. The summed E-state index contributed by atoms with van der Waals surface area (Å²) < 4.78 is 2.00. The average molecular weight is 412 g/mol. The highest BCUT2D eigenvalue weighted by Gasteiger charge is 2.29. The van der Waals surface area contributed by atoms with Crippen molar-refractivity contribution in [3.63, 3.8) is 0 Å². The molecule has 5 nitrogen and oxygen atoms in total. The van der Waals surface area contributed by atoms with E-state index in [4.69, 9.17) is 5.10 Å². The van der Waals surface area contributed by atoms with Crippen LogP contribution in [-0.4, -0.2) is 34.3 Å². The van der Waals surface area contributed by atoms with Gasteiger partial charge in [0.25, 0.3) is 0 Å². The first-order chi connectivity index (χ1) is 15.3. The Morgan fingerprint density at radius 3 is 2.58 bits per heavy atom. The maximum absolute atomic E-state index is 9.63. The van der Waals surface area contributed by atoms with Crippen LogP contribution >= 0.6 is 0 Å². The van der Waals surface area contributed by atoms with E-state index in [9.17, 15) is 5.26 Å². The van der Waals surface area contributed by atoms with Gasteiger partial charge >= 0.3 is 0 Å². The van der Waals surface area contributed by atoms with E-state index in [-0.39, 0.29) is 0 Å². The summed E-state index contributed by atoms with van der Waals surface area (Å²) in [7, 11) is 0. The summed E-state index contributed by atoms with van der Waals surface area (Å²) in [4.78, 5) is 2.56. The number of para-hydroxylation sites is 1. The monoisotopic (exact) mass is 411 g/mol. The molecule has 0 spiro atoms. The van der Waals surface area contributed by atoms with Gasteiger partial charge in [-0.15, -0.1) is 0 Å². The third-order valence-electron chi connectivity index (χ3n) is 6.64. The minimum absolute atomic E-state index is 0.483. The van der Waals surface area contributed by atoms with E-state index in [2.05, 4.69) is 46.6 Å². The van der Waals surface area contributed by atoms with Crippen LogP contribution in [0.3, 0.4) is 0 Å². The third kappa shape index (κ3) is 4.08. The van der Waals surface area contributed by atoms with Crippen LogP contribution in [-0.2, 0) is 13.0 Å². The van der Waals surface area contributed by atoms with E-state index in [1.165, 1.54) is 29.7 Å². The van der Waals surface area contributed by atoms with Crippen molar-refractivity contribution in [2.24, 2.45) is 0 Å². The van der Waals surface area contributed by atoms with E-state index in [1.54, 1.807) is 0 Å². The Hall–Kier alpha value is -3.10. The Kier molecular flexibility index (Phi) is 5.73. The molecule has 0 radical (unpaired) electrons. The van der Waals surface area contributed by atoms with Crippen molar-refractivity contribution in [3.8, 4) is 11.8 Å². The summed E-state index contributed by atoms with van der Waals surface area (Å²) in [5.41, 5.74) is 5.55. The first kappa shape index (κ1) is 19.8. The molecule has 1 N–H and O–H groups in total. The highest BCUT2D eigenvalue weighted by Crippen LogP contribution is 2.37. The molecular formula is C26H29N5. The Bertz CT molecular complexity index is 1070. The number of rotatable bonds is 4. The van der Waals surface area contributed by atoms with Crippen molar-refractivity contribution in [2.75, 3.05) is 25.0 Å². The molecule has 3 aromatic rings. The summed E-state index contributed by atoms with van der Waals surface area (Å²) in [6.45, 7) is 4.19. The zero-order valence-electron chi connectivity index (χ0n) is 17.9. The van der Waals surface area contributed by atoms with Crippen molar-refractivity contribution in [3.05, 3.63) is 77.0 Å². The van der Waals surface area contributed by atoms with Crippen molar-refractivity contribution < 1.29 is 0 Å². The number of hydrogen-bond acceptors (Lipinski definition) is 4. The molecule has 31 heavy (non-hydrogen) atoms. The molecule has 158 valence electrons. The van der Waals surface area contributed by atoms with Crippen LogP contribution in [0.5, 0.6) is 0 Å². The average Bonchev–Trinajstić information content (AvgIpc) is 3.00. The lowest BCUT2D eigenvalue weighted by atomic mass is 9.90. The van der Waals surface area contributed by atoms with Gasteiger partial charge in [0.05, 0.1) is 16.9 Å². The van der Waals surface area contributed by atoms with Crippen LogP contribution in [0.2, 0.25) is 0 Å². The first-order valence-corrected chi connectivity index (χ1v) is 11.4. The summed E-state index contributed by atoms with van der Waals surface area (Å²) >= 11 is 0. The van der Waals surface area contributed by atoms with Gasteiger partial charge in [0.15, 0.2) is 0 Å². The summed E-state index contributed by atoms with van der Waals surface area (Å²) in [5.74, 6) is 1.58. The van der Waals surface area contributed by atoms with E-state index in [0.29, 0.717) is 11.5 Å². The minimum atomic E-state index is 0.483. The molecule has 2 aromatic carbocycles. The molecule has 0 unspecified atom stereocenters. The lowest BCUT2D eigenvalue weighted by Crippen LogP contribution is -2.32. The van der Waals surface area contributed by atoms with Crippen LogP contribution in [0.25, 0.3) is 5.69 Å². The first-order valence-electron chi connectivity index (χ1n) is 11.4. The molecule has 5 heteroatoms. The Morgan fingerprint density at radius 2 is 1.77 bits per heavy atom. The number of nitrogens with zero attached hydrogens (tertiary/aromatic N) is 4. The van der Waals surface area contributed by atoms with Gasteiger partial charge in [-0.2, -0.15) is 10.4 Å². The van der Waals surface area contributed by atoms with Gasteiger partial charge in [0.2, 0.25) is 0 Å². The summed E-state index contributed by atoms with van der Waals surface area (Å²) in [5, 5.41) is 18.4. The standard InChI is InChI=1S/C26H29N5/c27-18-22-10-4-5-12-24(22)31-26-23(11-6-7-15-28-26)25(29-31)21-13-16-30(17-14-21)19-20-8-2-1-3-9-20/h1-5,8-10,12,21,28H,6-7,11,13-17,19H2. The lowest BCUT2D eigenvalue weighted by Gasteiger charge is -2.31. The normalized spacial score (nSPS) is 17.4. The number of anilines is 1. The minimum Gasteiger partial charge on any atom is -0.370 e. The molecule has 1 aromatic heterocycles. The fourth-order valence-electron chi connectivity index (χ4n) is 4.99. The molecule has 0 bridgehead atoms. The molecule has 5 rings (SSSR count). The number of likely N-dealkylation sites (tertiary alicyclic amines) is 1. The Balaban J connectivity index is 1.41. The van der Waals surface area contributed by atoms with Crippen LogP contribution in [0, 0.1) is 11.3 Å². The highest BCUT2D eigenvalue weighted by molar-refractivity contribution is 5.59. The molecule has 0 atom stereocenters. The molecular weight excluding hydrogens is 382 g/mol. The number of piperidine rings is 1. The number of fused-ring (bicyclic) bond motifs is 1. The van der Waals surface area contributed by atoms with Crippen LogP contribution in [0.15, 0.2) is 54.6 Å². The van der Waals surface area contributed by atoms with Crippen LogP contribution in [0.1, 0.15) is 54.0 Å². The van der Waals surface area contributed by atoms with E-state index in [0.717, 1.165) is 56.9 Å². The van der Waals surface area contributed by atoms with Crippen molar-refractivity contribution in [2.45, 2.75) is 44.6 Å². The van der Waals surface area contributed by atoms with Crippen molar-refractivity contribution in [1.29, 1.82) is 5.26 Å². The van der Waals surface area contributed by atoms with Gasteiger partial charge in [0.1, 0.15) is 11.9 Å². The second kappa shape index (κ2) is 8.95. The number of hydrogen-bond donors (Lipinski definition) is 1. The third-order valence-corrected chi connectivity index (χ3v) is 6.64. The van der Waals surface area contributed by atoms with E-state index >= 15 is 0 Å². The smallest absolute Gasteiger partial charge is 0.133 e. The molecule has 0 amide bonds. The van der Waals surface area contributed by atoms with Gasteiger partial charge in [-0.3, -0.25) is 4.90 Å². The van der Waals surface area contributed by atoms with E-state index < -0.39 is 0 Å². The lowest BCUT2D eigenvalue weighted by molar-refractivity contribution is 0.203. The number of nitrogens with one attached hydrogen (secondary N) is 1. The topological polar surface area (TPSA) is 56.9 Å². The molecule has 1 fully saturated rings. The zero-order valence-corrected chi connectivity index (χ0v) is 17.9. The molecule has 0 aliphatic carbocycles.